The fourth-order valence-corrected chi connectivity index (χ4v) is 5.54. The summed E-state index contributed by atoms with van der Waals surface area (Å²) in [4.78, 5) is 4.55. The topological polar surface area (TPSA) is 26.0 Å². The van der Waals surface area contributed by atoms with Gasteiger partial charge in [-0.3, -0.25) is 4.98 Å². The van der Waals surface area contributed by atoms with Crippen molar-refractivity contribution in [1.82, 2.24) is 4.98 Å². The van der Waals surface area contributed by atoms with E-state index in [4.69, 9.17) is 16.8 Å². The molecule has 2 nitrogen and oxygen atoms in total. The highest BCUT2D eigenvalue weighted by Gasteiger charge is 2.17. The van der Waals surface area contributed by atoms with Crippen LogP contribution in [0.25, 0.3) is 65.9 Å². The molecule has 40 heavy (non-hydrogen) atoms. The molecule has 0 N–H and O–H groups in total. The van der Waals surface area contributed by atoms with Gasteiger partial charge in [-0.15, -0.1) is 0 Å². The molecule has 2 aromatic heterocycles. The summed E-state index contributed by atoms with van der Waals surface area (Å²) in [5.74, 6) is 0. The number of hydrogen-bond acceptors (Lipinski definition) is 2. The van der Waals surface area contributed by atoms with Crippen molar-refractivity contribution in [2.45, 2.75) is 40.8 Å². The number of furan rings is 1. The van der Waals surface area contributed by atoms with Gasteiger partial charge in [-0.2, -0.15) is 0 Å². The minimum Gasteiger partial charge on any atom is -0.455 e. The van der Waals surface area contributed by atoms with Gasteiger partial charge in [0.05, 0.1) is 7.06 Å². The molecular weight excluding hydrogens is 486 g/mol. The largest absolute Gasteiger partial charge is 0.455 e. The fourth-order valence-electron chi connectivity index (χ4n) is 5.54. The van der Waals surface area contributed by atoms with E-state index in [0.717, 1.165) is 32.3 Å². The van der Waals surface area contributed by atoms with Gasteiger partial charge in [-0.25, -0.2) is 0 Å². The molecule has 7 aromatic rings. The molecule has 7 rings (SSSR count). The van der Waals surface area contributed by atoms with Gasteiger partial charge in [0.15, 0.2) is 0 Å². The number of hydrogen-bond donors (Lipinski definition) is 0. The van der Waals surface area contributed by atoms with E-state index >= 15 is 0 Å². The highest BCUT2D eigenvalue weighted by molar-refractivity contribution is 6.17. The molecule has 2 heterocycles. The fraction of sp³-hybridized carbons (Fsp3) is 0.184. The molecule has 0 fully saturated rings. The zero-order valence-electron chi connectivity index (χ0n) is 31.5. The number of nitrogens with zero attached hydrogens (tertiary/aromatic N) is 1. The second-order valence-corrected chi connectivity index (χ2v) is 11.3. The van der Waals surface area contributed by atoms with E-state index in [2.05, 4.69) is 35.3 Å². The van der Waals surface area contributed by atoms with Crippen molar-refractivity contribution in [2.75, 3.05) is 0 Å². The lowest BCUT2D eigenvalue weighted by Crippen LogP contribution is -2.09. The van der Waals surface area contributed by atoms with Gasteiger partial charge in [-0.05, 0) is 99.1 Å². The van der Waals surface area contributed by atoms with Crippen LogP contribution in [0.4, 0.5) is 0 Å². The van der Waals surface area contributed by atoms with Crippen LogP contribution in [0.15, 0.2) is 102 Å². The lowest BCUT2D eigenvalue weighted by atomic mass is 9.86. The van der Waals surface area contributed by atoms with E-state index in [0.29, 0.717) is 22.4 Å². The molecule has 0 saturated carbocycles. The summed E-state index contributed by atoms with van der Waals surface area (Å²) < 4.78 is 83.2. The van der Waals surface area contributed by atoms with Gasteiger partial charge >= 0.3 is 0 Å². The van der Waals surface area contributed by atoms with E-state index in [1.807, 2.05) is 36.4 Å². The van der Waals surface area contributed by atoms with Crippen LogP contribution in [0.1, 0.15) is 49.8 Å². The van der Waals surface area contributed by atoms with E-state index in [1.165, 1.54) is 24.4 Å². The van der Waals surface area contributed by atoms with Gasteiger partial charge in [-0.1, -0.05) is 87.5 Å². The van der Waals surface area contributed by atoms with Gasteiger partial charge in [0.2, 0.25) is 0 Å². The Morgan fingerprint density at radius 1 is 0.750 bits per heavy atom. The highest BCUT2D eigenvalue weighted by atomic mass is 16.3. The first-order valence-electron chi connectivity index (χ1n) is 17.8. The Kier molecular flexibility index (Phi) is 3.77. The summed E-state index contributed by atoms with van der Waals surface area (Å²) in [6.45, 7) is -0.373. The number of rotatable bonds is 3. The van der Waals surface area contributed by atoms with E-state index < -0.39 is 25.5 Å². The van der Waals surface area contributed by atoms with E-state index in [1.54, 1.807) is 20.8 Å². The molecule has 2 heteroatoms. The molecule has 0 spiro atoms. The number of benzene rings is 5. The second kappa shape index (κ2) is 9.06. The van der Waals surface area contributed by atoms with Crippen LogP contribution in [-0.2, 0) is 6.37 Å². The molecule has 0 aliphatic rings. The number of para-hydroxylation sites is 1. The molecular formula is C38H33NO. The molecule has 0 amide bonds. The van der Waals surface area contributed by atoms with Crippen LogP contribution in [0.2, 0.25) is 0 Å². The van der Waals surface area contributed by atoms with Crippen molar-refractivity contribution in [3.8, 4) is 22.4 Å². The molecule has 0 bridgehead atoms. The monoisotopic (exact) mass is 528 g/mol. The quantitative estimate of drug-likeness (QED) is 0.213. The normalized spacial score (nSPS) is 16.5. The maximum absolute atomic E-state index is 9.02. The molecule has 0 aliphatic heterocycles. The van der Waals surface area contributed by atoms with Crippen LogP contribution in [0.5, 0.6) is 0 Å². The zero-order chi connectivity index (χ0) is 35.3. The minimum absolute atomic E-state index is 0.0225. The number of pyridine rings is 1. The zero-order valence-corrected chi connectivity index (χ0v) is 22.5. The van der Waals surface area contributed by atoms with Gasteiger partial charge in [0.25, 0.3) is 0 Å². The average molecular weight is 529 g/mol. The molecule has 0 radical (unpaired) electrons. The first-order chi connectivity index (χ1) is 22.9. The number of aryl methyl sites for hydroxylation is 2. The Balaban J connectivity index is 1.48. The minimum atomic E-state index is -2.78. The molecule has 0 saturated heterocycles. The molecule has 0 aliphatic carbocycles. The Bertz CT molecular complexity index is 2450. The van der Waals surface area contributed by atoms with Crippen LogP contribution in [0, 0.1) is 19.1 Å². The Hall–Kier alpha value is -4.43. The summed E-state index contributed by atoms with van der Waals surface area (Å²) in [6, 6.07) is 25.8. The van der Waals surface area contributed by atoms with E-state index in [-0.39, 0.29) is 33.9 Å². The molecule has 5 aromatic carbocycles. The van der Waals surface area contributed by atoms with Crippen molar-refractivity contribution in [1.29, 1.82) is 0 Å². The van der Waals surface area contributed by atoms with Crippen molar-refractivity contribution in [2.24, 2.45) is 5.41 Å². The van der Waals surface area contributed by atoms with Crippen molar-refractivity contribution >= 4 is 43.5 Å². The number of aromatic nitrogens is 1. The summed E-state index contributed by atoms with van der Waals surface area (Å²) >= 11 is 0. The van der Waals surface area contributed by atoms with E-state index in [9.17, 15) is 0 Å². The Morgan fingerprint density at radius 2 is 1.57 bits per heavy atom. The average Bonchev–Trinajstić information content (AvgIpc) is 3.39. The summed E-state index contributed by atoms with van der Waals surface area (Å²) in [5, 5.41) is 6.07. The SMILES string of the molecule is [2H]c1cc(C([2H])([2H])C(C)(C)C)cc(C([2H])([2H])[2H])c1-c1cc(-c2cccc3c2oc2cc4c(ccc5ccccc54)cc23)ncc1C([2H])([2H])[2H]. The highest BCUT2D eigenvalue weighted by Crippen LogP contribution is 2.40. The third kappa shape index (κ3) is 4.16. The van der Waals surface area contributed by atoms with Crippen molar-refractivity contribution < 1.29 is 16.8 Å². The molecule has 0 atom stereocenters. The maximum atomic E-state index is 9.02. The first-order valence-corrected chi connectivity index (χ1v) is 13.3. The van der Waals surface area contributed by atoms with Crippen molar-refractivity contribution in [3.05, 3.63) is 114 Å². The summed E-state index contributed by atoms with van der Waals surface area (Å²) in [5.41, 5.74) is 0.662. The summed E-state index contributed by atoms with van der Waals surface area (Å²) in [7, 11) is 0. The summed E-state index contributed by atoms with van der Waals surface area (Å²) in [6.07, 6.45) is -0.768. The number of fused-ring (bicyclic) bond motifs is 6. The third-order valence-electron chi connectivity index (χ3n) is 7.27. The smallest absolute Gasteiger partial charge is 0.144 e. The third-order valence-corrected chi connectivity index (χ3v) is 7.27. The van der Waals surface area contributed by atoms with Crippen molar-refractivity contribution in [3.63, 3.8) is 0 Å². The lowest BCUT2D eigenvalue weighted by Gasteiger charge is -2.19. The van der Waals surface area contributed by atoms with Crippen LogP contribution in [-0.4, -0.2) is 4.98 Å². The molecule has 0 unspecified atom stereocenters. The lowest BCUT2D eigenvalue weighted by molar-refractivity contribution is 0.411. The Morgan fingerprint density at radius 3 is 2.42 bits per heavy atom. The first kappa shape index (κ1) is 16.6. The molecule has 196 valence electrons. The predicted octanol–water partition coefficient (Wildman–Crippen LogP) is 10.8. The Labute approximate surface area is 247 Å². The van der Waals surface area contributed by atoms with Gasteiger partial charge in [0.1, 0.15) is 11.2 Å². The van der Waals surface area contributed by atoms with Gasteiger partial charge in [0, 0.05) is 33.5 Å². The van der Waals surface area contributed by atoms with Gasteiger partial charge < -0.3 is 4.42 Å². The predicted molar refractivity (Wildman–Crippen MR) is 170 cm³/mol. The standard InChI is InChI=1S/C38H33NO/c1-23-17-25(21-38(3,4)5)13-16-28(23)32-19-35(39-22-24(32)2)31-12-8-11-30-34-18-27-15-14-26-9-6-7-10-29(26)33(27)20-36(34)40-37(30)31/h6-20,22H,21H2,1-5H3/i1D3,2D3,16D,21D2. The van der Waals surface area contributed by atoms with Crippen LogP contribution in [0.3, 0.4) is 0 Å². The second-order valence-electron chi connectivity index (χ2n) is 11.3. The van der Waals surface area contributed by atoms with Crippen LogP contribution < -0.4 is 0 Å². The maximum Gasteiger partial charge on any atom is 0.144 e. The van der Waals surface area contributed by atoms with Crippen LogP contribution >= 0.6 is 0 Å².